The van der Waals surface area contributed by atoms with Crippen LogP contribution in [0.1, 0.15) is 20.3 Å². The second-order valence-corrected chi connectivity index (χ2v) is 6.61. The number of hydrogen-bond acceptors (Lipinski definition) is 3. The zero-order valence-electron chi connectivity index (χ0n) is 10.4. The van der Waals surface area contributed by atoms with Gasteiger partial charge in [0.2, 0.25) is 0 Å². The molecule has 0 N–H and O–H groups in total. The van der Waals surface area contributed by atoms with E-state index in [1.165, 1.54) is 0 Å². The van der Waals surface area contributed by atoms with Gasteiger partial charge in [0, 0.05) is 31.1 Å². The average Bonchev–Trinajstić information content (AvgIpc) is 2.61. The lowest BCUT2D eigenvalue weighted by Crippen LogP contribution is -2.41. The highest BCUT2D eigenvalue weighted by molar-refractivity contribution is 8.03. The number of allylic oxidation sites excluding steroid dienone is 2. The van der Waals surface area contributed by atoms with Crippen molar-refractivity contribution in [1.82, 2.24) is 4.90 Å². The summed E-state index contributed by atoms with van der Waals surface area (Å²) in [6, 6.07) is 0. The van der Waals surface area contributed by atoms with Crippen LogP contribution < -0.4 is 0 Å². The molecule has 0 aromatic carbocycles. The lowest BCUT2D eigenvalue weighted by Gasteiger charge is -2.40. The van der Waals surface area contributed by atoms with E-state index in [1.807, 2.05) is 37.0 Å². The molecule has 1 aliphatic carbocycles. The first-order valence-electron chi connectivity index (χ1n) is 5.65. The molecular formula is C13H19NOS. The van der Waals surface area contributed by atoms with Gasteiger partial charge in [-0.3, -0.25) is 4.79 Å². The van der Waals surface area contributed by atoms with E-state index in [2.05, 4.69) is 25.3 Å². The van der Waals surface area contributed by atoms with Crippen LogP contribution in [0, 0.1) is 11.3 Å². The van der Waals surface area contributed by atoms with Gasteiger partial charge in [0.25, 0.3) is 0 Å². The summed E-state index contributed by atoms with van der Waals surface area (Å²) in [6.45, 7) is 4.53. The second-order valence-electron chi connectivity index (χ2n) is 5.56. The number of nitrogens with zero attached hydrogens (tertiary/aromatic N) is 1. The number of thioether (sulfide) groups is 1. The SMILES string of the molecule is CN(C)/C=C1/CC(C)(C)C2SC=CC2C1=O. The summed E-state index contributed by atoms with van der Waals surface area (Å²) in [5.74, 6) is 0.416. The molecule has 0 saturated heterocycles. The summed E-state index contributed by atoms with van der Waals surface area (Å²) in [4.78, 5) is 14.2. The molecule has 2 nitrogen and oxygen atoms in total. The van der Waals surface area contributed by atoms with E-state index in [9.17, 15) is 4.79 Å². The molecule has 0 spiro atoms. The Morgan fingerprint density at radius 3 is 2.81 bits per heavy atom. The lowest BCUT2D eigenvalue weighted by molar-refractivity contribution is -0.120. The summed E-state index contributed by atoms with van der Waals surface area (Å²) in [7, 11) is 3.94. The summed E-state index contributed by atoms with van der Waals surface area (Å²) < 4.78 is 0. The van der Waals surface area contributed by atoms with Crippen LogP contribution in [-0.2, 0) is 4.79 Å². The standard InChI is InChI=1S/C13H19NOS/c1-13(2)7-9(8-14(3)4)11(15)10-5-6-16-12(10)13/h5-6,8,10,12H,7H2,1-4H3/b9-8-. The number of ketones is 1. The molecule has 2 aliphatic rings. The molecule has 0 radical (unpaired) electrons. The van der Waals surface area contributed by atoms with Gasteiger partial charge in [-0.05, 0) is 17.2 Å². The molecule has 0 aromatic heterocycles. The highest BCUT2D eigenvalue weighted by Gasteiger charge is 2.46. The van der Waals surface area contributed by atoms with Crippen molar-refractivity contribution >= 4 is 17.5 Å². The second kappa shape index (κ2) is 3.95. The number of rotatable bonds is 1. The van der Waals surface area contributed by atoms with E-state index < -0.39 is 0 Å². The molecule has 3 heteroatoms. The first-order chi connectivity index (χ1) is 7.42. The van der Waals surface area contributed by atoms with Crippen LogP contribution in [0.2, 0.25) is 0 Å². The molecule has 2 unspecified atom stereocenters. The summed E-state index contributed by atoms with van der Waals surface area (Å²) >= 11 is 1.82. The Morgan fingerprint density at radius 1 is 1.50 bits per heavy atom. The summed E-state index contributed by atoms with van der Waals surface area (Å²) in [5.41, 5.74) is 1.18. The van der Waals surface area contributed by atoms with Crippen LogP contribution in [0.25, 0.3) is 0 Å². The third-order valence-electron chi connectivity index (χ3n) is 3.29. The van der Waals surface area contributed by atoms with Crippen molar-refractivity contribution in [1.29, 1.82) is 0 Å². The number of hydrogen-bond donors (Lipinski definition) is 0. The van der Waals surface area contributed by atoms with Gasteiger partial charge in [-0.15, -0.1) is 11.8 Å². The molecule has 1 saturated carbocycles. The lowest BCUT2D eigenvalue weighted by atomic mass is 9.69. The summed E-state index contributed by atoms with van der Waals surface area (Å²) in [6.07, 6.45) is 4.94. The maximum atomic E-state index is 12.3. The van der Waals surface area contributed by atoms with Gasteiger partial charge in [0.1, 0.15) is 0 Å². The number of fused-ring (bicyclic) bond motifs is 1. The van der Waals surface area contributed by atoms with Crippen molar-refractivity contribution in [3.63, 3.8) is 0 Å². The molecule has 1 heterocycles. The van der Waals surface area contributed by atoms with Crippen LogP contribution in [0.5, 0.6) is 0 Å². The molecule has 2 rings (SSSR count). The highest BCUT2D eigenvalue weighted by Crippen LogP contribution is 2.50. The Hall–Kier alpha value is -0.700. The maximum absolute atomic E-state index is 12.3. The fourth-order valence-corrected chi connectivity index (χ4v) is 3.87. The minimum absolute atomic E-state index is 0.0972. The molecule has 88 valence electrons. The smallest absolute Gasteiger partial charge is 0.168 e. The van der Waals surface area contributed by atoms with E-state index >= 15 is 0 Å². The molecule has 1 aliphatic heterocycles. The van der Waals surface area contributed by atoms with Gasteiger partial charge in [-0.25, -0.2) is 0 Å². The third kappa shape index (κ3) is 1.93. The number of carbonyl (C=O) groups excluding carboxylic acids is 1. The quantitative estimate of drug-likeness (QED) is 0.654. The minimum atomic E-state index is 0.0972. The van der Waals surface area contributed by atoms with Crippen LogP contribution >= 0.6 is 11.8 Å². The Bertz CT molecular complexity index is 368. The molecule has 1 fully saturated rings. The van der Waals surface area contributed by atoms with E-state index in [-0.39, 0.29) is 11.3 Å². The topological polar surface area (TPSA) is 20.3 Å². The zero-order valence-corrected chi connectivity index (χ0v) is 11.2. The predicted molar refractivity (Wildman–Crippen MR) is 69.2 cm³/mol. The van der Waals surface area contributed by atoms with Crippen molar-refractivity contribution in [2.45, 2.75) is 25.5 Å². The fourth-order valence-electron chi connectivity index (χ4n) is 2.61. The first-order valence-corrected chi connectivity index (χ1v) is 6.59. The predicted octanol–water partition coefficient (Wildman–Crippen LogP) is 2.68. The average molecular weight is 237 g/mol. The number of carbonyl (C=O) groups is 1. The van der Waals surface area contributed by atoms with Crippen LogP contribution in [0.3, 0.4) is 0 Å². The molecule has 0 amide bonds. The van der Waals surface area contributed by atoms with Crippen molar-refractivity contribution in [2.75, 3.05) is 14.1 Å². The Kier molecular flexibility index (Phi) is 2.91. The van der Waals surface area contributed by atoms with Gasteiger partial charge < -0.3 is 4.90 Å². The zero-order chi connectivity index (χ0) is 11.9. The normalized spacial score (nSPS) is 34.2. The van der Waals surface area contributed by atoms with Gasteiger partial charge in [0.05, 0.1) is 5.92 Å². The van der Waals surface area contributed by atoms with Gasteiger partial charge in [0.15, 0.2) is 5.78 Å². The molecule has 0 aromatic rings. The molecule has 0 bridgehead atoms. The Morgan fingerprint density at radius 2 is 2.19 bits per heavy atom. The van der Waals surface area contributed by atoms with E-state index in [0.29, 0.717) is 11.0 Å². The highest BCUT2D eigenvalue weighted by atomic mass is 32.2. The summed E-state index contributed by atoms with van der Waals surface area (Å²) in [5, 5.41) is 2.52. The van der Waals surface area contributed by atoms with Gasteiger partial charge in [-0.2, -0.15) is 0 Å². The maximum Gasteiger partial charge on any atom is 0.168 e. The van der Waals surface area contributed by atoms with Crippen molar-refractivity contribution in [3.05, 3.63) is 23.3 Å². The van der Waals surface area contributed by atoms with E-state index in [0.717, 1.165) is 12.0 Å². The Balaban J connectivity index is 2.32. The van der Waals surface area contributed by atoms with Crippen molar-refractivity contribution < 1.29 is 4.79 Å². The fraction of sp³-hybridized carbons (Fsp3) is 0.615. The van der Waals surface area contributed by atoms with Crippen LogP contribution in [-0.4, -0.2) is 30.0 Å². The first kappa shape index (κ1) is 11.8. The largest absolute Gasteiger partial charge is 0.383 e. The van der Waals surface area contributed by atoms with E-state index in [1.54, 1.807) is 0 Å². The third-order valence-corrected chi connectivity index (χ3v) is 4.83. The van der Waals surface area contributed by atoms with E-state index in [4.69, 9.17) is 0 Å². The van der Waals surface area contributed by atoms with Crippen molar-refractivity contribution in [2.24, 2.45) is 11.3 Å². The van der Waals surface area contributed by atoms with Crippen molar-refractivity contribution in [3.8, 4) is 0 Å². The van der Waals surface area contributed by atoms with Crippen LogP contribution in [0.15, 0.2) is 23.3 Å². The minimum Gasteiger partial charge on any atom is -0.383 e. The molecule has 16 heavy (non-hydrogen) atoms. The van der Waals surface area contributed by atoms with Crippen LogP contribution in [0.4, 0.5) is 0 Å². The Labute approximate surface area is 102 Å². The monoisotopic (exact) mass is 237 g/mol. The molecular weight excluding hydrogens is 218 g/mol. The molecule has 2 atom stereocenters. The van der Waals surface area contributed by atoms with Gasteiger partial charge in [-0.1, -0.05) is 19.9 Å². The van der Waals surface area contributed by atoms with Gasteiger partial charge >= 0.3 is 0 Å². The number of Topliss-reactive ketones (excluding diaryl/α,β-unsaturated/α-hetero) is 1.